The Morgan fingerprint density at radius 3 is 2.37 bits per heavy atom. The van der Waals surface area contributed by atoms with Crippen LogP contribution in [0.5, 0.6) is 0 Å². The quantitative estimate of drug-likeness (QED) is 0.878. The van der Waals surface area contributed by atoms with E-state index in [1.165, 1.54) is 0 Å². The third-order valence-corrected chi connectivity index (χ3v) is 2.56. The SMILES string of the molecule is CNc1ccc(C(=O)Nc2ccc(C#N)cc2)nc1. The predicted octanol–water partition coefficient (Wildman–Crippen LogP) is 2.25. The van der Waals surface area contributed by atoms with Crippen LogP contribution in [0, 0.1) is 11.3 Å². The largest absolute Gasteiger partial charge is 0.387 e. The molecule has 1 aromatic heterocycles. The van der Waals surface area contributed by atoms with Crippen LogP contribution in [0.2, 0.25) is 0 Å². The van der Waals surface area contributed by atoms with Gasteiger partial charge in [0.1, 0.15) is 5.69 Å². The van der Waals surface area contributed by atoms with Gasteiger partial charge >= 0.3 is 0 Å². The number of nitrogens with zero attached hydrogens (tertiary/aromatic N) is 2. The van der Waals surface area contributed by atoms with E-state index in [0.29, 0.717) is 16.9 Å². The first kappa shape index (κ1) is 12.6. The Bertz CT molecular complexity index is 611. The van der Waals surface area contributed by atoms with E-state index >= 15 is 0 Å². The highest BCUT2D eigenvalue weighted by Crippen LogP contribution is 2.11. The highest BCUT2D eigenvalue weighted by molar-refractivity contribution is 6.02. The molecular weight excluding hydrogens is 240 g/mol. The molecule has 2 N–H and O–H groups in total. The maximum atomic E-state index is 11.9. The van der Waals surface area contributed by atoms with Crippen LogP contribution in [0.1, 0.15) is 16.1 Å². The van der Waals surface area contributed by atoms with Gasteiger partial charge in [-0.2, -0.15) is 5.26 Å². The van der Waals surface area contributed by atoms with Gasteiger partial charge < -0.3 is 10.6 Å². The highest BCUT2D eigenvalue weighted by atomic mass is 16.1. The van der Waals surface area contributed by atoms with Crippen molar-refractivity contribution in [2.24, 2.45) is 0 Å². The summed E-state index contributed by atoms with van der Waals surface area (Å²) in [5.74, 6) is -0.285. The lowest BCUT2D eigenvalue weighted by Gasteiger charge is -2.05. The lowest BCUT2D eigenvalue weighted by molar-refractivity contribution is 0.102. The van der Waals surface area contributed by atoms with Gasteiger partial charge in [-0.15, -0.1) is 0 Å². The normalized spacial score (nSPS) is 9.47. The van der Waals surface area contributed by atoms with Crippen LogP contribution < -0.4 is 10.6 Å². The van der Waals surface area contributed by atoms with E-state index in [2.05, 4.69) is 15.6 Å². The van der Waals surface area contributed by atoms with Crippen LogP contribution in [0.15, 0.2) is 42.6 Å². The van der Waals surface area contributed by atoms with E-state index in [0.717, 1.165) is 5.69 Å². The van der Waals surface area contributed by atoms with E-state index < -0.39 is 0 Å². The molecule has 0 aliphatic rings. The molecule has 0 saturated carbocycles. The number of pyridine rings is 1. The van der Waals surface area contributed by atoms with Crippen LogP contribution in [0.25, 0.3) is 0 Å². The molecule has 2 aromatic rings. The molecule has 1 aromatic carbocycles. The summed E-state index contributed by atoms with van der Waals surface area (Å²) in [4.78, 5) is 16.0. The molecular formula is C14H12N4O. The molecule has 1 heterocycles. The summed E-state index contributed by atoms with van der Waals surface area (Å²) in [6, 6.07) is 12.1. The van der Waals surface area contributed by atoms with Crippen molar-refractivity contribution >= 4 is 17.3 Å². The summed E-state index contributed by atoms with van der Waals surface area (Å²) in [5.41, 5.74) is 2.36. The average molecular weight is 252 g/mol. The smallest absolute Gasteiger partial charge is 0.274 e. The summed E-state index contributed by atoms with van der Waals surface area (Å²) >= 11 is 0. The maximum absolute atomic E-state index is 11.9. The van der Waals surface area contributed by atoms with Crippen molar-refractivity contribution in [3.63, 3.8) is 0 Å². The average Bonchev–Trinajstić information content (AvgIpc) is 2.48. The molecule has 1 amide bonds. The van der Waals surface area contributed by atoms with Gasteiger partial charge in [-0.25, -0.2) is 4.98 Å². The summed E-state index contributed by atoms with van der Waals surface area (Å²) in [6.07, 6.45) is 1.59. The number of anilines is 2. The van der Waals surface area contributed by atoms with Gasteiger partial charge in [-0.3, -0.25) is 4.79 Å². The molecule has 0 aliphatic heterocycles. The number of nitriles is 1. The van der Waals surface area contributed by atoms with Gasteiger partial charge in [0.25, 0.3) is 5.91 Å². The first-order valence-corrected chi connectivity index (χ1v) is 5.68. The Balaban J connectivity index is 2.09. The fourth-order valence-electron chi connectivity index (χ4n) is 1.50. The minimum absolute atomic E-state index is 0.285. The number of hydrogen-bond acceptors (Lipinski definition) is 4. The second kappa shape index (κ2) is 5.65. The molecule has 0 unspecified atom stereocenters. The van der Waals surface area contributed by atoms with E-state index in [4.69, 9.17) is 5.26 Å². The minimum atomic E-state index is -0.285. The zero-order valence-corrected chi connectivity index (χ0v) is 10.3. The van der Waals surface area contributed by atoms with E-state index in [1.807, 2.05) is 6.07 Å². The number of hydrogen-bond donors (Lipinski definition) is 2. The molecule has 2 rings (SSSR count). The molecule has 0 fully saturated rings. The molecule has 5 nitrogen and oxygen atoms in total. The number of rotatable bonds is 3. The highest BCUT2D eigenvalue weighted by Gasteiger charge is 2.07. The topological polar surface area (TPSA) is 77.8 Å². The monoisotopic (exact) mass is 252 g/mol. The maximum Gasteiger partial charge on any atom is 0.274 e. The third-order valence-electron chi connectivity index (χ3n) is 2.56. The van der Waals surface area contributed by atoms with Crippen LogP contribution >= 0.6 is 0 Å². The molecule has 0 saturated heterocycles. The van der Waals surface area contributed by atoms with Crippen LogP contribution in [-0.4, -0.2) is 17.9 Å². The number of carbonyl (C=O) groups excluding carboxylic acids is 1. The number of nitrogens with one attached hydrogen (secondary N) is 2. The van der Waals surface area contributed by atoms with Crippen molar-refractivity contribution in [2.75, 3.05) is 17.7 Å². The zero-order chi connectivity index (χ0) is 13.7. The molecule has 0 atom stereocenters. The van der Waals surface area contributed by atoms with Crippen LogP contribution in [0.3, 0.4) is 0 Å². The fourth-order valence-corrected chi connectivity index (χ4v) is 1.50. The molecule has 0 radical (unpaired) electrons. The summed E-state index contributed by atoms with van der Waals surface area (Å²) in [6.45, 7) is 0. The van der Waals surface area contributed by atoms with Gasteiger partial charge in [0.2, 0.25) is 0 Å². The lowest BCUT2D eigenvalue weighted by atomic mass is 10.2. The van der Waals surface area contributed by atoms with Crippen molar-refractivity contribution in [1.29, 1.82) is 5.26 Å². The zero-order valence-electron chi connectivity index (χ0n) is 10.3. The number of amides is 1. The van der Waals surface area contributed by atoms with E-state index in [-0.39, 0.29) is 5.91 Å². The Kier molecular flexibility index (Phi) is 3.74. The Labute approximate surface area is 110 Å². The summed E-state index contributed by atoms with van der Waals surface area (Å²) in [5, 5.41) is 14.3. The second-order valence-electron chi connectivity index (χ2n) is 3.83. The van der Waals surface area contributed by atoms with E-state index in [1.54, 1.807) is 49.6 Å². The third kappa shape index (κ3) is 3.07. The minimum Gasteiger partial charge on any atom is -0.387 e. The van der Waals surface area contributed by atoms with Crippen molar-refractivity contribution in [1.82, 2.24) is 4.98 Å². The Hall–Kier alpha value is -2.87. The molecule has 19 heavy (non-hydrogen) atoms. The van der Waals surface area contributed by atoms with Crippen LogP contribution in [0.4, 0.5) is 11.4 Å². The number of carbonyl (C=O) groups is 1. The molecule has 0 aliphatic carbocycles. The van der Waals surface area contributed by atoms with Crippen molar-refractivity contribution in [2.45, 2.75) is 0 Å². The molecule has 5 heteroatoms. The van der Waals surface area contributed by atoms with Gasteiger partial charge in [-0.1, -0.05) is 0 Å². The van der Waals surface area contributed by atoms with Crippen molar-refractivity contribution in [3.8, 4) is 6.07 Å². The van der Waals surface area contributed by atoms with Gasteiger partial charge in [0, 0.05) is 12.7 Å². The van der Waals surface area contributed by atoms with Gasteiger partial charge in [-0.05, 0) is 36.4 Å². The predicted molar refractivity (Wildman–Crippen MR) is 72.9 cm³/mol. The standard InChI is InChI=1S/C14H12N4O/c1-16-12-6-7-13(17-9-12)14(19)18-11-4-2-10(8-15)3-5-11/h2-7,9,16H,1H3,(H,18,19). The van der Waals surface area contributed by atoms with E-state index in [9.17, 15) is 4.79 Å². The number of aromatic nitrogens is 1. The summed E-state index contributed by atoms with van der Waals surface area (Å²) < 4.78 is 0. The Morgan fingerprint density at radius 2 is 1.84 bits per heavy atom. The fraction of sp³-hybridized carbons (Fsp3) is 0.0714. The molecule has 0 bridgehead atoms. The van der Waals surface area contributed by atoms with Crippen LogP contribution in [-0.2, 0) is 0 Å². The Morgan fingerprint density at radius 1 is 1.16 bits per heavy atom. The van der Waals surface area contributed by atoms with Gasteiger partial charge in [0.15, 0.2) is 0 Å². The number of benzene rings is 1. The second-order valence-corrected chi connectivity index (χ2v) is 3.83. The van der Waals surface area contributed by atoms with Gasteiger partial charge in [0.05, 0.1) is 23.5 Å². The van der Waals surface area contributed by atoms with Crippen molar-refractivity contribution in [3.05, 3.63) is 53.9 Å². The molecule has 94 valence electrons. The molecule has 0 spiro atoms. The first-order valence-electron chi connectivity index (χ1n) is 5.68. The lowest BCUT2D eigenvalue weighted by Crippen LogP contribution is -2.13. The first-order chi connectivity index (χ1) is 9.22. The summed E-state index contributed by atoms with van der Waals surface area (Å²) in [7, 11) is 1.79. The van der Waals surface area contributed by atoms with Crippen molar-refractivity contribution < 1.29 is 4.79 Å².